The quantitative estimate of drug-likeness (QED) is 0.788. The molecule has 2 aromatic heterocycles. The topological polar surface area (TPSA) is 64.7 Å². The van der Waals surface area contributed by atoms with Gasteiger partial charge in [0.1, 0.15) is 11.6 Å². The van der Waals surface area contributed by atoms with Crippen LogP contribution in [0.2, 0.25) is 0 Å². The van der Waals surface area contributed by atoms with Gasteiger partial charge in [0, 0.05) is 49.1 Å². The van der Waals surface area contributed by atoms with Crippen LogP contribution in [-0.2, 0) is 19.4 Å². The number of carbonyl (C=O) groups excluding carboxylic acids is 1. The smallest absolute Gasteiger partial charge is 0.251 e. The minimum absolute atomic E-state index is 0.0296. The summed E-state index contributed by atoms with van der Waals surface area (Å²) in [7, 11) is 0. The summed E-state index contributed by atoms with van der Waals surface area (Å²) in [5.74, 6) is 1.99. The molecule has 0 saturated heterocycles. The Morgan fingerprint density at radius 2 is 2.08 bits per heavy atom. The lowest BCUT2D eigenvalue weighted by Gasteiger charge is -2.25. The molecule has 3 aromatic rings. The SMILES string of the molecule is CCc1nnc2n1CC(NC(=O)c1ccc(C)c(-n3cccc3)c1)CC2. The molecule has 0 bridgehead atoms. The maximum Gasteiger partial charge on any atom is 0.251 e. The van der Waals surface area contributed by atoms with Crippen molar-refractivity contribution in [3.63, 3.8) is 0 Å². The van der Waals surface area contributed by atoms with Crippen molar-refractivity contribution in [2.75, 3.05) is 0 Å². The Kier molecular flexibility index (Phi) is 4.32. The third-order valence-corrected chi connectivity index (χ3v) is 5.03. The van der Waals surface area contributed by atoms with Crippen LogP contribution in [0.5, 0.6) is 0 Å². The Bertz CT molecular complexity index is 912. The van der Waals surface area contributed by atoms with Crippen molar-refractivity contribution in [3.05, 3.63) is 65.5 Å². The number of aryl methyl sites for hydroxylation is 3. The third-order valence-electron chi connectivity index (χ3n) is 5.03. The van der Waals surface area contributed by atoms with E-state index in [1.165, 1.54) is 0 Å². The molecule has 0 spiro atoms. The van der Waals surface area contributed by atoms with E-state index in [1.807, 2.05) is 47.3 Å². The molecule has 0 aliphatic carbocycles. The molecule has 26 heavy (non-hydrogen) atoms. The second-order valence-electron chi connectivity index (χ2n) is 6.80. The van der Waals surface area contributed by atoms with Gasteiger partial charge in [-0.1, -0.05) is 13.0 Å². The van der Waals surface area contributed by atoms with Crippen LogP contribution in [0.15, 0.2) is 42.7 Å². The van der Waals surface area contributed by atoms with Crippen LogP contribution in [0, 0.1) is 6.92 Å². The normalized spacial score (nSPS) is 16.3. The highest BCUT2D eigenvalue weighted by Gasteiger charge is 2.24. The van der Waals surface area contributed by atoms with Crippen LogP contribution >= 0.6 is 0 Å². The first-order valence-corrected chi connectivity index (χ1v) is 9.11. The molecule has 6 nitrogen and oxygen atoms in total. The van der Waals surface area contributed by atoms with Crippen LogP contribution in [0.1, 0.15) is 40.9 Å². The van der Waals surface area contributed by atoms with Crippen molar-refractivity contribution in [1.82, 2.24) is 24.6 Å². The molecule has 1 aromatic carbocycles. The van der Waals surface area contributed by atoms with Crippen molar-refractivity contribution in [2.24, 2.45) is 0 Å². The van der Waals surface area contributed by atoms with Crippen molar-refractivity contribution in [3.8, 4) is 5.69 Å². The number of hydrogen-bond acceptors (Lipinski definition) is 3. The van der Waals surface area contributed by atoms with E-state index in [0.717, 1.165) is 48.7 Å². The molecule has 0 radical (unpaired) electrons. The van der Waals surface area contributed by atoms with Crippen LogP contribution in [0.25, 0.3) is 5.69 Å². The van der Waals surface area contributed by atoms with Crippen molar-refractivity contribution in [2.45, 2.75) is 45.7 Å². The maximum absolute atomic E-state index is 12.8. The fourth-order valence-electron chi connectivity index (χ4n) is 3.56. The molecule has 0 fully saturated rings. The van der Waals surface area contributed by atoms with Gasteiger partial charge in [-0.15, -0.1) is 10.2 Å². The molecule has 1 amide bonds. The van der Waals surface area contributed by atoms with E-state index < -0.39 is 0 Å². The molecule has 1 aliphatic rings. The Morgan fingerprint density at radius 3 is 2.85 bits per heavy atom. The molecular formula is C20H23N5O. The molecular weight excluding hydrogens is 326 g/mol. The first kappa shape index (κ1) is 16.6. The standard InChI is InChI=1S/C20H23N5O/c1-3-18-22-23-19-9-8-16(13-25(18)19)21-20(26)15-7-6-14(2)17(12-15)24-10-4-5-11-24/h4-7,10-12,16H,3,8-9,13H2,1-2H3,(H,21,26). The second kappa shape index (κ2) is 6.78. The van der Waals surface area contributed by atoms with E-state index in [2.05, 4.69) is 33.9 Å². The van der Waals surface area contributed by atoms with Gasteiger partial charge >= 0.3 is 0 Å². The Hall–Kier alpha value is -2.89. The van der Waals surface area contributed by atoms with Gasteiger partial charge in [0.15, 0.2) is 0 Å². The first-order chi connectivity index (χ1) is 12.7. The van der Waals surface area contributed by atoms with Crippen LogP contribution < -0.4 is 5.32 Å². The predicted octanol–water partition coefficient (Wildman–Crippen LogP) is 2.68. The van der Waals surface area contributed by atoms with Gasteiger partial charge in [-0.2, -0.15) is 0 Å². The summed E-state index contributed by atoms with van der Waals surface area (Å²) in [5, 5.41) is 11.7. The molecule has 1 unspecified atom stereocenters. The second-order valence-corrected chi connectivity index (χ2v) is 6.80. The van der Waals surface area contributed by atoms with Crippen LogP contribution in [-0.4, -0.2) is 31.3 Å². The lowest BCUT2D eigenvalue weighted by atomic mass is 10.1. The summed E-state index contributed by atoms with van der Waals surface area (Å²) in [6.07, 6.45) is 6.58. The van der Waals surface area contributed by atoms with Crippen LogP contribution in [0.4, 0.5) is 0 Å². The van der Waals surface area contributed by atoms with E-state index in [1.54, 1.807) is 0 Å². The molecule has 134 valence electrons. The molecule has 0 saturated carbocycles. The highest BCUT2D eigenvalue weighted by molar-refractivity contribution is 5.95. The number of amides is 1. The number of nitrogens with one attached hydrogen (secondary N) is 1. The average molecular weight is 349 g/mol. The van der Waals surface area contributed by atoms with Gasteiger partial charge < -0.3 is 14.5 Å². The molecule has 4 rings (SSSR count). The predicted molar refractivity (Wildman–Crippen MR) is 99.5 cm³/mol. The minimum Gasteiger partial charge on any atom is -0.347 e. The van der Waals surface area contributed by atoms with Crippen molar-refractivity contribution >= 4 is 5.91 Å². The lowest BCUT2D eigenvalue weighted by molar-refractivity contribution is 0.0927. The van der Waals surface area contributed by atoms with Gasteiger partial charge in [0.2, 0.25) is 0 Å². The van der Waals surface area contributed by atoms with E-state index in [9.17, 15) is 4.79 Å². The van der Waals surface area contributed by atoms with Crippen LogP contribution in [0.3, 0.4) is 0 Å². The van der Waals surface area contributed by atoms with E-state index in [0.29, 0.717) is 5.56 Å². The molecule has 1 atom stereocenters. The third kappa shape index (κ3) is 3.03. The van der Waals surface area contributed by atoms with Gasteiger partial charge in [-0.05, 0) is 43.2 Å². The summed E-state index contributed by atoms with van der Waals surface area (Å²) in [4.78, 5) is 12.8. The van der Waals surface area contributed by atoms with Crippen molar-refractivity contribution < 1.29 is 4.79 Å². The van der Waals surface area contributed by atoms with Gasteiger partial charge in [0.25, 0.3) is 5.91 Å². The number of aromatic nitrogens is 4. The van der Waals surface area contributed by atoms with Gasteiger partial charge in [0.05, 0.1) is 0 Å². The Labute approximate surface area is 152 Å². The molecule has 1 N–H and O–H groups in total. The lowest BCUT2D eigenvalue weighted by Crippen LogP contribution is -2.41. The summed E-state index contributed by atoms with van der Waals surface area (Å²) in [6, 6.07) is 9.91. The summed E-state index contributed by atoms with van der Waals surface area (Å²) in [6.45, 7) is 4.88. The summed E-state index contributed by atoms with van der Waals surface area (Å²) < 4.78 is 4.18. The number of benzene rings is 1. The number of fused-ring (bicyclic) bond motifs is 1. The fourth-order valence-corrected chi connectivity index (χ4v) is 3.56. The highest BCUT2D eigenvalue weighted by Crippen LogP contribution is 2.19. The minimum atomic E-state index is -0.0296. The Balaban J connectivity index is 1.51. The maximum atomic E-state index is 12.8. The molecule has 1 aliphatic heterocycles. The van der Waals surface area contributed by atoms with Crippen molar-refractivity contribution in [1.29, 1.82) is 0 Å². The van der Waals surface area contributed by atoms with E-state index in [-0.39, 0.29) is 11.9 Å². The zero-order valence-corrected chi connectivity index (χ0v) is 15.1. The number of rotatable bonds is 4. The van der Waals surface area contributed by atoms with E-state index >= 15 is 0 Å². The molecule has 6 heteroatoms. The largest absolute Gasteiger partial charge is 0.347 e. The summed E-state index contributed by atoms with van der Waals surface area (Å²) in [5.41, 5.74) is 2.85. The average Bonchev–Trinajstić information content (AvgIpc) is 3.31. The number of hydrogen-bond donors (Lipinski definition) is 1. The fraction of sp³-hybridized carbons (Fsp3) is 0.350. The zero-order valence-electron chi connectivity index (χ0n) is 15.1. The number of carbonyl (C=O) groups is 1. The highest BCUT2D eigenvalue weighted by atomic mass is 16.1. The van der Waals surface area contributed by atoms with Gasteiger partial charge in [-0.25, -0.2) is 0 Å². The monoisotopic (exact) mass is 349 g/mol. The number of nitrogens with zero attached hydrogens (tertiary/aromatic N) is 4. The Morgan fingerprint density at radius 1 is 1.27 bits per heavy atom. The van der Waals surface area contributed by atoms with E-state index in [4.69, 9.17) is 0 Å². The summed E-state index contributed by atoms with van der Waals surface area (Å²) >= 11 is 0. The van der Waals surface area contributed by atoms with Gasteiger partial charge in [-0.3, -0.25) is 4.79 Å². The first-order valence-electron chi connectivity index (χ1n) is 9.11. The zero-order chi connectivity index (χ0) is 18.1. The molecule has 3 heterocycles.